The van der Waals surface area contributed by atoms with Crippen LogP contribution in [0.1, 0.15) is 36.6 Å². The van der Waals surface area contributed by atoms with E-state index in [1.807, 2.05) is 49.3 Å². The fraction of sp³-hybridized carbons (Fsp3) is 0.476. The zero-order chi connectivity index (χ0) is 19.7. The topological polar surface area (TPSA) is 70.6 Å². The van der Waals surface area contributed by atoms with E-state index in [2.05, 4.69) is 10.2 Å². The van der Waals surface area contributed by atoms with Gasteiger partial charge in [0.2, 0.25) is 11.9 Å². The summed E-state index contributed by atoms with van der Waals surface area (Å²) in [6.07, 6.45) is 3.14. The maximum atomic E-state index is 12.8. The Kier molecular flexibility index (Phi) is 5.17. The van der Waals surface area contributed by atoms with Crippen molar-refractivity contribution in [1.82, 2.24) is 14.9 Å². The molecule has 148 valence electrons. The second kappa shape index (κ2) is 7.75. The number of carbonyl (C=O) groups is 1. The van der Waals surface area contributed by atoms with Crippen molar-refractivity contribution in [2.24, 2.45) is 0 Å². The van der Waals surface area contributed by atoms with Crippen molar-refractivity contribution in [2.45, 2.75) is 37.8 Å². The van der Waals surface area contributed by atoms with Gasteiger partial charge >= 0.3 is 0 Å². The molecule has 1 aromatic heterocycles. The summed E-state index contributed by atoms with van der Waals surface area (Å²) in [5, 5.41) is 3.47. The summed E-state index contributed by atoms with van der Waals surface area (Å²) in [7, 11) is 5.53. The third kappa shape index (κ3) is 3.42. The Morgan fingerprint density at radius 1 is 1.25 bits per heavy atom. The minimum Gasteiger partial charge on any atom is -0.384 e. The molecule has 2 aliphatic heterocycles. The van der Waals surface area contributed by atoms with Gasteiger partial charge in [-0.25, -0.2) is 4.98 Å². The molecule has 0 aliphatic carbocycles. The van der Waals surface area contributed by atoms with Gasteiger partial charge in [-0.1, -0.05) is 18.2 Å². The smallest absolute Gasteiger partial charge is 0.227 e. The highest BCUT2D eigenvalue weighted by Crippen LogP contribution is 2.46. The third-order valence-corrected chi connectivity index (χ3v) is 5.52. The number of fused-ring (bicyclic) bond motifs is 4. The molecule has 28 heavy (non-hydrogen) atoms. The van der Waals surface area contributed by atoms with Gasteiger partial charge in [0, 0.05) is 44.9 Å². The number of amides is 1. The van der Waals surface area contributed by atoms with Crippen LogP contribution in [0, 0.1) is 0 Å². The molecule has 7 nitrogen and oxygen atoms in total. The van der Waals surface area contributed by atoms with Gasteiger partial charge in [-0.2, -0.15) is 4.98 Å². The average molecular weight is 381 g/mol. The molecule has 1 aromatic carbocycles. The number of carbonyl (C=O) groups excluding carboxylic acids is 1. The highest BCUT2D eigenvalue weighted by Gasteiger charge is 2.44. The van der Waals surface area contributed by atoms with Crippen molar-refractivity contribution in [3.63, 3.8) is 0 Å². The van der Waals surface area contributed by atoms with E-state index in [1.54, 1.807) is 7.11 Å². The first-order valence-corrected chi connectivity index (χ1v) is 9.78. The van der Waals surface area contributed by atoms with Crippen molar-refractivity contribution in [3.05, 3.63) is 41.6 Å². The molecule has 2 aliphatic rings. The molecular weight excluding hydrogens is 354 g/mol. The van der Waals surface area contributed by atoms with Crippen LogP contribution in [0.4, 0.5) is 17.5 Å². The quantitative estimate of drug-likeness (QED) is 0.830. The lowest BCUT2D eigenvalue weighted by atomic mass is 9.97. The number of ether oxygens (including phenoxy) is 1. The molecule has 3 heterocycles. The van der Waals surface area contributed by atoms with Gasteiger partial charge in [0.15, 0.2) is 0 Å². The number of para-hydroxylation sites is 1. The molecule has 0 spiro atoms. The Hall–Kier alpha value is -2.67. The highest BCUT2D eigenvalue weighted by molar-refractivity contribution is 5.79. The lowest BCUT2D eigenvalue weighted by Gasteiger charge is -2.37. The second-order valence-corrected chi connectivity index (χ2v) is 7.61. The van der Waals surface area contributed by atoms with E-state index in [0.717, 1.165) is 42.0 Å². The van der Waals surface area contributed by atoms with E-state index in [1.165, 1.54) is 0 Å². The zero-order valence-corrected chi connectivity index (χ0v) is 16.7. The molecule has 1 N–H and O–H groups in total. The van der Waals surface area contributed by atoms with Crippen LogP contribution in [0.3, 0.4) is 0 Å². The van der Waals surface area contributed by atoms with Crippen molar-refractivity contribution in [2.75, 3.05) is 38.0 Å². The van der Waals surface area contributed by atoms with E-state index in [4.69, 9.17) is 14.7 Å². The molecule has 1 amide bonds. The number of hydrogen-bond donors (Lipinski definition) is 1. The molecule has 1 fully saturated rings. The predicted molar refractivity (Wildman–Crippen MR) is 109 cm³/mol. The summed E-state index contributed by atoms with van der Waals surface area (Å²) < 4.78 is 5.12. The number of aromatic nitrogens is 2. The maximum absolute atomic E-state index is 12.8. The van der Waals surface area contributed by atoms with Gasteiger partial charge in [-0.05, 0) is 25.0 Å². The third-order valence-electron chi connectivity index (χ3n) is 5.52. The summed E-state index contributed by atoms with van der Waals surface area (Å²) in [6.45, 7) is 0.451. The van der Waals surface area contributed by atoms with E-state index < -0.39 is 0 Å². The monoisotopic (exact) mass is 381 g/mol. The molecule has 2 atom stereocenters. The Balaban J connectivity index is 1.74. The molecule has 2 bridgehead atoms. The van der Waals surface area contributed by atoms with Crippen LogP contribution in [-0.2, 0) is 16.0 Å². The van der Waals surface area contributed by atoms with Crippen LogP contribution in [-0.4, -0.2) is 54.6 Å². The fourth-order valence-corrected chi connectivity index (χ4v) is 4.25. The normalized spacial score (nSPS) is 20.0. The number of nitrogens with one attached hydrogen (secondary N) is 1. The van der Waals surface area contributed by atoms with Crippen LogP contribution in [0.25, 0.3) is 0 Å². The fourth-order valence-electron chi connectivity index (χ4n) is 4.25. The minimum absolute atomic E-state index is 0.0283. The summed E-state index contributed by atoms with van der Waals surface area (Å²) in [5.41, 5.74) is 3.10. The lowest BCUT2D eigenvalue weighted by molar-refractivity contribution is -0.135. The Morgan fingerprint density at radius 3 is 2.75 bits per heavy atom. The molecule has 1 saturated heterocycles. The molecule has 7 heteroatoms. The molecule has 2 aromatic rings. The van der Waals surface area contributed by atoms with E-state index in [-0.39, 0.29) is 18.0 Å². The van der Waals surface area contributed by atoms with Crippen molar-refractivity contribution >= 4 is 23.4 Å². The highest BCUT2D eigenvalue weighted by atomic mass is 16.5. The zero-order valence-electron chi connectivity index (χ0n) is 16.7. The summed E-state index contributed by atoms with van der Waals surface area (Å²) in [6, 6.07) is 10.3. The first-order chi connectivity index (χ1) is 13.6. The van der Waals surface area contributed by atoms with Gasteiger partial charge in [-0.3, -0.25) is 4.79 Å². The minimum atomic E-state index is 0.0283. The van der Waals surface area contributed by atoms with Crippen molar-refractivity contribution < 1.29 is 9.53 Å². The molecule has 4 rings (SSSR count). The van der Waals surface area contributed by atoms with Gasteiger partial charge in [0.1, 0.15) is 5.82 Å². The summed E-state index contributed by atoms with van der Waals surface area (Å²) in [4.78, 5) is 26.4. The lowest BCUT2D eigenvalue weighted by Crippen LogP contribution is -2.43. The molecule has 0 unspecified atom stereocenters. The van der Waals surface area contributed by atoms with Crippen LogP contribution >= 0.6 is 0 Å². The number of rotatable bonds is 6. The van der Waals surface area contributed by atoms with Gasteiger partial charge in [0.05, 0.1) is 24.8 Å². The number of anilines is 3. The average Bonchev–Trinajstić information content (AvgIpc) is 3.00. The largest absolute Gasteiger partial charge is 0.384 e. The summed E-state index contributed by atoms with van der Waals surface area (Å²) >= 11 is 0. The van der Waals surface area contributed by atoms with E-state index in [9.17, 15) is 4.79 Å². The first-order valence-electron chi connectivity index (χ1n) is 9.78. The van der Waals surface area contributed by atoms with Crippen LogP contribution in [0.5, 0.6) is 0 Å². The Morgan fingerprint density at radius 2 is 2.04 bits per heavy atom. The van der Waals surface area contributed by atoms with Crippen molar-refractivity contribution in [1.29, 1.82) is 0 Å². The molecular formula is C21H27N5O2. The van der Waals surface area contributed by atoms with Crippen LogP contribution < -0.4 is 10.2 Å². The van der Waals surface area contributed by atoms with Gasteiger partial charge in [0.25, 0.3) is 0 Å². The van der Waals surface area contributed by atoms with Crippen LogP contribution in [0.15, 0.2) is 30.3 Å². The van der Waals surface area contributed by atoms with Gasteiger partial charge < -0.3 is 19.9 Å². The van der Waals surface area contributed by atoms with Crippen molar-refractivity contribution in [3.8, 4) is 0 Å². The number of nitrogens with zero attached hydrogens (tertiary/aromatic N) is 4. The maximum Gasteiger partial charge on any atom is 0.227 e. The summed E-state index contributed by atoms with van der Waals surface area (Å²) in [5.74, 6) is 1.65. The SMILES string of the molecule is COCCC(=O)N1[C@H]2CC[C@H]1c1c(nc(N(C)C)nc1Nc1ccccc1)C2. The van der Waals surface area contributed by atoms with Crippen LogP contribution in [0.2, 0.25) is 0 Å². The van der Waals surface area contributed by atoms with E-state index in [0.29, 0.717) is 19.0 Å². The predicted octanol–water partition coefficient (Wildman–Crippen LogP) is 2.91. The standard InChI is InChI=1S/C21H27N5O2/c1-25(2)21-23-16-13-15-9-10-17(26(15)18(27)11-12-28-3)19(16)20(24-21)22-14-7-5-4-6-8-14/h4-8,15,17H,9-13H2,1-3H3,(H,22,23,24)/t15-,17-/m0/s1. The first kappa shape index (κ1) is 18.7. The Labute approximate surface area is 165 Å². The number of methoxy groups -OCH3 is 1. The second-order valence-electron chi connectivity index (χ2n) is 7.61. The Bertz CT molecular complexity index is 855. The molecule has 0 saturated carbocycles. The molecule has 0 radical (unpaired) electrons. The number of benzene rings is 1. The number of hydrogen-bond acceptors (Lipinski definition) is 6. The van der Waals surface area contributed by atoms with E-state index >= 15 is 0 Å². The van der Waals surface area contributed by atoms with Gasteiger partial charge in [-0.15, -0.1) is 0 Å².